The van der Waals surface area contributed by atoms with E-state index in [1.165, 1.54) is 25.7 Å². The Morgan fingerprint density at radius 2 is 1.50 bits per heavy atom. The zero-order valence-electron chi connectivity index (χ0n) is 7.48. The summed E-state index contributed by atoms with van der Waals surface area (Å²) in [5, 5.41) is 0. The molecule has 0 aromatic heterocycles. The quantitative estimate of drug-likeness (QED) is 0.499. The van der Waals surface area contributed by atoms with Crippen molar-refractivity contribution in [2.24, 2.45) is 0 Å². The molecule has 1 N–H and O–H groups in total. The van der Waals surface area contributed by atoms with Gasteiger partial charge in [-0.1, -0.05) is 40.0 Å². The van der Waals surface area contributed by atoms with Gasteiger partial charge in [-0.3, -0.25) is 0 Å². The van der Waals surface area contributed by atoms with Gasteiger partial charge in [-0.2, -0.15) is 0 Å². The van der Waals surface area contributed by atoms with Crippen molar-refractivity contribution in [2.75, 3.05) is 6.16 Å². The van der Waals surface area contributed by atoms with Crippen LogP contribution in [0.3, 0.4) is 0 Å². The van der Waals surface area contributed by atoms with E-state index in [1.54, 1.807) is 0 Å². The smallest absolute Gasteiger partial charge is 0.0107 e. The molecule has 0 aliphatic heterocycles. The van der Waals surface area contributed by atoms with E-state index in [2.05, 4.69) is 20.8 Å². The SMILES string of the molecule is CCCC.CCCCPO. The normalized spacial score (nSPS) is 9.60. The molecule has 1 unspecified atom stereocenters. The van der Waals surface area contributed by atoms with Gasteiger partial charge in [0, 0.05) is 8.81 Å². The molecule has 0 saturated heterocycles. The first-order valence-electron chi connectivity index (χ1n) is 4.20. The van der Waals surface area contributed by atoms with Gasteiger partial charge in [-0.25, -0.2) is 0 Å². The van der Waals surface area contributed by atoms with E-state index in [1.807, 2.05) is 0 Å². The van der Waals surface area contributed by atoms with Crippen molar-refractivity contribution in [3.05, 3.63) is 0 Å². The molecule has 2 heteroatoms. The Labute approximate surface area is 67.1 Å². The third kappa shape index (κ3) is 23.8. The maximum Gasteiger partial charge on any atom is 0.0107 e. The summed E-state index contributed by atoms with van der Waals surface area (Å²) in [6.45, 7) is 6.49. The van der Waals surface area contributed by atoms with Gasteiger partial charge in [-0.05, 0) is 12.6 Å². The van der Waals surface area contributed by atoms with Crippen LogP contribution in [0.25, 0.3) is 0 Å². The predicted molar refractivity (Wildman–Crippen MR) is 50.9 cm³/mol. The summed E-state index contributed by atoms with van der Waals surface area (Å²) in [5.74, 6) is 0. The van der Waals surface area contributed by atoms with Gasteiger partial charge in [0.15, 0.2) is 0 Å². The van der Waals surface area contributed by atoms with E-state index in [9.17, 15) is 0 Å². The van der Waals surface area contributed by atoms with E-state index < -0.39 is 0 Å². The Balaban J connectivity index is 0. The summed E-state index contributed by atoms with van der Waals surface area (Å²) >= 11 is 0. The molecule has 0 aromatic carbocycles. The van der Waals surface area contributed by atoms with Crippen molar-refractivity contribution in [1.82, 2.24) is 0 Å². The number of hydrogen-bond donors (Lipinski definition) is 1. The summed E-state index contributed by atoms with van der Waals surface area (Å²) in [6, 6.07) is 0. The second-order valence-corrected chi connectivity index (χ2v) is 3.08. The molecule has 0 spiro atoms. The van der Waals surface area contributed by atoms with Crippen LogP contribution in [-0.4, -0.2) is 11.1 Å². The van der Waals surface area contributed by atoms with Crippen molar-refractivity contribution in [3.8, 4) is 0 Å². The van der Waals surface area contributed by atoms with Crippen LogP contribution >= 0.6 is 8.81 Å². The standard InChI is InChI=1S/C4H11OP.C4H10/c1-2-3-4-6-5;1-3-4-2/h5-6H,2-4H2,1H3;3-4H2,1-2H3. The molecule has 64 valence electrons. The Bertz CT molecular complexity index is 34.2. The highest BCUT2D eigenvalue weighted by Gasteiger charge is 1.76. The van der Waals surface area contributed by atoms with Gasteiger partial charge < -0.3 is 4.89 Å². The Morgan fingerprint density at radius 1 is 1.00 bits per heavy atom. The molecular weight excluding hydrogens is 143 g/mol. The predicted octanol–water partition coefficient (Wildman–Crippen LogP) is 3.18. The van der Waals surface area contributed by atoms with E-state index in [-0.39, 0.29) is 8.81 Å². The van der Waals surface area contributed by atoms with Crippen LogP contribution in [-0.2, 0) is 0 Å². The van der Waals surface area contributed by atoms with Gasteiger partial charge in [0.05, 0.1) is 0 Å². The van der Waals surface area contributed by atoms with Crippen molar-refractivity contribution in [3.63, 3.8) is 0 Å². The summed E-state index contributed by atoms with van der Waals surface area (Å²) in [7, 11) is 0.165. The minimum atomic E-state index is 0.165. The lowest BCUT2D eigenvalue weighted by Gasteiger charge is -1.85. The van der Waals surface area contributed by atoms with E-state index in [4.69, 9.17) is 4.89 Å². The average Bonchev–Trinajstić information content (AvgIpc) is 2.01. The number of rotatable bonds is 4. The molecule has 0 aromatic rings. The Morgan fingerprint density at radius 3 is 1.60 bits per heavy atom. The van der Waals surface area contributed by atoms with E-state index in [0.717, 1.165) is 6.16 Å². The molecule has 1 nitrogen and oxygen atoms in total. The van der Waals surface area contributed by atoms with Gasteiger partial charge in [0.25, 0.3) is 0 Å². The first kappa shape index (κ1) is 13.0. The van der Waals surface area contributed by atoms with Crippen molar-refractivity contribution in [2.45, 2.75) is 46.5 Å². The highest BCUT2D eigenvalue weighted by Crippen LogP contribution is 2.03. The number of unbranched alkanes of at least 4 members (excludes halogenated alkanes) is 2. The topological polar surface area (TPSA) is 20.2 Å². The van der Waals surface area contributed by atoms with Gasteiger partial charge >= 0.3 is 0 Å². The molecule has 0 aliphatic carbocycles. The van der Waals surface area contributed by atoms with Crippen molar-refractivity contribution in [1.29, 1.82) is 0 Å². The fraction of sp³-hybridized carbons (Fsp3) is 1.00. The lowest BCUT2D eigenvalue weighted by atomic mass is 10.4. The molecule has 1 atom stereocenters. The zero-order chi connectivity index (χ0) is 8.24. The highest BCUT2D eigenvalue weighted by molar-refractivity contribution is 7.31. The summed E-state index contributed by atoms with van der Waals surface area (Å²) < 4.78 is 0. The summed E-state index contributed by atoms with van der Waals surface area (Å²) in [5.41, 5.74) is 0. The summed E-state index contributed by atoms with van der Waals surface area (Å²) in [6.07, 6.45) is 6.01. The van der Waals surface area contributed by atoms with Crippen LogP contribution in [0.1, 0.15) is 46.5 Å². The van der Waals surface area contributed by atoms with Crippen molar-refractivity contribution < 1.29 is 4.89 Å². The fourth-order valence-electron chi connectivity index (χ4n) is 0.256. The largest absolute Gasteiger partial charge is 0.377 e. The van der Waals surface area contributed by atoms with Crippen LogP contribution in [0.2, 0.25) is 0 Å². The van der Waals surface area contributed by atoms with Crippen LogP contribution in [0.4, 0.5) is 0 Å². The highest BCUT2D eigenvalue weighted by atomic mass is 31.1. The van der Waals surface area contributed by atoms with Crippen LogP contribution in [0.5, 0.6) is 0 Å². The summed E-state index contributed by atoms with van der Waals surface area (Å²) in [4.78, 5) is 8.23. The molecular formula is C8H21OP. The van der Waals surface area contributed by atoms with Crippen molar-refractivity contribution >= 4 is 8.81 Å². The maximum absolute atomic E-state index is 8.23. The number of hydrogen-bond acceptors (Lipinski definition) is 1. The minimum absolute atomic E-state index is 0.165. The van der Waals surface area contributed by atoms with E-state index >= 15 is 0 Å². The molecule has 0 rings (SSSR count). The Kier molecular flexibility index (Phi) is 21.1. The molecule has 0 aliphatic rings. The average molecular weight is 164 g/mol. The monoisotopic (exact) mass is 164 g/mol. The Hall–Kier alpha value is 0.390. The molecule has 0 heterocycles. The lowest BCUT2D eigenvalue weighted by Crippen LogP contribution is -1.69. The zero-order valence-corrected chi connectivity index (χ0v) is 8.48. The third-order valence-electron chi connectivity index (χ3n) is 1.14. The molecule has 0 bridgehead atoms. The van der Waals surface area contributed by atoms with E-state index in [0.29, 0.717) is 0 Å². The lowest BCUT2D eigenvalue weighted by molar-refractivity contribution is 0.641. The third-order valence-corrected chi connectivity index (χ3v) is 1.72. The fourth-order valence-corrected chi connectivity index (χ4v) is 0.768. The second kappa shape index (κ2) is 16.2. The van der Waals surface area contributed by atoms with Crippen LogP contribution in [0, 0.1) is 0 Å². The van der Waals surface area contributed by atoms with Gasteiger partial charge in [-0.15, -0.1) is 0 Å². The first-order chi connectivity index (χ1) is 4.83. The minimum Gasteiger partial charge on any atom is -0.377 e. The van der Waals surface area contributed by atoms with Crippen LogP contribution in [0.15, 0.2) is 0 Å². The molecule has 10 heavy (non-hydrogen) atoms. The van der Waals surface area contributed by atoms with Crippen LogP contribution < -0.4 is 0 Å². The molecule has 0 saturated carbocycles. The van der Waals surface area contributed by atoms with Gasteiger partial charge in [0.2, 0.25) is 0 Å². The first-order valence-corrected chi connectivity index (χ1v) is 5.35. The second-order valence-electron chi connectivity index (χ2n) is 2.26. The molecule has 0 amide bonds. The maximum atomic E-state index is 8.23. The van der Waals surface area contributed by atoms with Gasteiger partial charge in [0.1, 0.15) is 0 Å². The molecule has 0 radical (unpaired) electrons. The molecule has 0 fully saturated rings.